The lowest BCUT2D eigenvalue weighted by atomic mass is 10.1. The number of carbonyl (C=O) groups is 1. The first kappa shape index (κ1) is 20.4. The smallest absolute Gasteiger partial charge is 0.253 e. The molecule has 0 radical (unpaired) electrons. The number of ether oxygens (including phenoxy) is 3. The maximum Gasteiger partial charge on any atom is 0.253 e. The highest BCUT2D eigenvalue weighted by Gasteiger charge is 2.17. The molecule has 0 saturated carbocycles. The Morgan fingerprint density at radius 3 is 2.31 bits per heavy atom. The molecule has 0 aliphatic heterocycles. The zero-order valence-corrected chi connectivity index (χ0v) is 17.6. The van der Waals surface area contributed by atoms with Crippen molar-refractivity contribution in [2.45, 2.75) is 33.4 Å². The van der Waals surface area contributed by atoms with E-state index < -0.39 is 0 Å². The number of methoxy groups -OCH3 is 3. The zero-order valence-electron chi connectivity index (χ0n) is 17.6. The maximum absolute atomic E-state index is 12.8. The van der Waals surface area contributed by atoms with Crippen LogP contribution < -0.4 is 19.5 Å². The fourth-order valence-electron chi connectivity index (χ4n) is 3.19. The first-order valence-electron chi connectivity index (χ1n) is 9.31. The van der Waals surface area contributed by atoms with Crippen LogP contribution in [-0.4, -0.2) is 42.0 Å². The van der Waals surface area contributed by atoms with Crippen LogP contribution in [0.1, 0.15) is 41.5 Å². The third-order valence-corrected chi connectivity index (χ3v) is 4.67. The number of nitrogens with one attached hydrogen (secondary N) is 1. The van der Waals surface area contributed by atoms with E-state index in [2.05, 4.69) is 15.4 Å². The van der Waals surface area contributed by atoms with Crippen LogP contribution >= 0.6 is 0 Å². The van der Waals surface area contributed by atoms with Gasteiger partial charge in [0.25, 0.3) is 5.91 Å². The van der Waals surface area contributed by atoms with Gasteiger partial charge in [0.1, 0.15) is 0 Å². The highest BCUT2D eigenvalue weighted by atomic mass is 16.5. The van der Waals surface area contributed by atoms with Crippen LogP contribution in [0.3, 0.4) is 0 Å². The summed E-state index contributed by atoms with van der Waals surface area (Å²) in [5.74, 6) is 1.38. The van der Waals surface area contributed by atoms with Crippen LogP contribution in [0.25, 0.3) is 11.0 Å². The van der Waals surface area contributed by atoms with Crippen LogP contribution in [0.4, 0.5) is 0 Å². The predicted molar refractivity (Wildman–Crippen MR) is 110 cm³/mol. The van der Waals surface area contributed by atoms with Crippen LogP contribution in [0.5, 0.6) is 17.2 Å². The molecule has 1 amide bonds. The average molecular weight is 398 g/mol. The van der Waals surface area contributed by atoms with Gasteiger partial charge in [-0.2, -0.15) is 5.10 Å². The van der Waals surface area contributed by atoms with Gasteiger partial charge < -0.3 is 19.5 Å². The standard InChI is InChI=1S/C21H26N4O4/c1-12(2)25-20-15(11-23-25)9-16(13(3)24-20)21(26)22-10-14-7-17(27-4)19(29-6)18(8-14)28-5/h7-9,11-12H,10H2,1-6H3,(H,22,26). The van der Waals surface area contributed by atoms with Gasteiger partial charge in [0, 0.05) is 18.0 Å². The molecule has 0 spiro atoms. The third kappa shape index (κ3) is 3.96. The molecule has 29 heavy (non-hydrogen) atoms. The molecular weight excluding hydrogens is 372 g/mol. The van der Waals surface area contributed by atoms with E-state index in [0.717, 1.165) is 16.6 Å². The number of nitrogens with zero attached hydrogens (tertiary/aromatic N) is 3. The number of hydrogen-bond acceptors (Lipinski definition) is 6. The van der Waals surface area contributed by atoms with Gasteiger partial charge in [-0.3, -0.25) is 4.79 Å². The van der Waals surface area contributed by atoms with Crippen molar-refractivity contribution in [2.75, 3.05) is 21.3 Å². The zero-order chi connectivity index (χ0) is 21.1. The Labute approximate surface area is 169 Å². The minimum atomic E-state index is -0.206. The van der Waals surface area contributed by atoms with Crippen molar-refractivity contribution in [2.24, 2.45) is 0 Å². The SMILES string of the molecule is COc1cc(CNC(=O)c2cc3cnn(C(C)C)c3nc2C)cc(OC)c1OC. The summed E-state index contributed by atoms with van der Waals surface area (Å²) < 4.78 is 17.9. The number of hydrogen-bond donors (Lipinski definition) is 1. The number of carbonyl (C=O) groups excluding carboxylic acids is 1. The lowest BCUT2D eigenvalue weighted by molar-refractivity contribution is 0.0950. The number of rotatable bonds is 7. The lowest BCUT2D eigenvalue weighted by Gasteiger charge is -2.15. The van der Waals surface area contributed by atoms with Crippen LogP contribution in [0.2, 0.25) is 0 Å². The normalized spacial score (nSPS) is 11.0. The largest absolute Gasteiger partial charge is 0.493 e. The van der Waals surface area contributed by atoms with E-state index in [1.165, 1.54) is 0 Å². The summed E-state index contributed by atoms with van der Waals surface area (Å²) in [6.45, 7) is 6.21. The van der Waals surface area contributed by atoms with Crippen molar-refractivity contribution >= 4 is 16.9 Å². The molecule has 3 rings (SSSR count). The average Bonchev–Trinajstić information content (AvgIpc) is 3.13. The Morgan fingerprint density at radius 2 is 1.76 bits per heavy atom. The predicted octanol–water partition coefficient (Wildman–Crippen LogP) is 3.28. The molecule has 0 fully saturated rings. The van der Waals surface area contributed by atoms with Gasteiger partial charge in [-0.1, -0.05) is 0 Å². The molecule has 2 aromatic heterocycles. The van der Waals surface area contributed by atoms with Crippen molar-refractivity contribution in [3.05, 3.63) is 41.2 Å². The van der Waals surface area contributed by atoms with Crippen molar-refractivity contribution in [1.82, 2.24) is 20.1 Å². The molecule has 1 N–H and O–H groups in total. The lowest BCUT2D eigenvalue weighted by Crippen LogP contribution is -2.24. The Kier molecular flexibility index (Phi) is 5.91. The molecule has 0 saturated heterocycles. The van der Waals surface area contributed by atoms with Gasteiger partial charge in [-0.15, -0.1) is 0 Å². The molecule has 0 bridgehead atoms. The first-order valence-corrected chi connectivity index (χ1v) is 9.31. The molecular formula is C21H26N4O4. The van der Waals surface area contributed by atoms with Gasteiger partial charge >= 0.3 is 0 Å². The minimum absolute atomic E-state index is 0.194. The molecule has 8 heteroatoms. The molecule has 2 heterocycles. The highest BCUT2D eigenvalue weighted by molar-refractivity contribution is 5.98. The summed E-state index contributed by atoms with van der Waals surface area (Å²) >= 11 is 0. The van der Waals surface area contributed by atoms with Crippen molar-refractivity contribution in [1.29, 1.82) is 0 Å². The molecule has 0 aliphatic rings. The van der Waals surface area contributed by atoms with Crippen LogP contribution in [0.15, 0.2) is 24.4 Å². The van der Waals surface area contributed by atoms with E-state index in [1.54, 1.807) is 27.5 Å². The van der Waals surface area contributed by atoms with Crippen LogP contribution in [-0.2, 0) is 6.54 Å². The summed E-state index contributed by atoms with van der Waals surface area (Å²) in [6, 6.07) is 5.64. The summed E-state index contributed by atoms with van der Waals surface area (Å²) in [6.07, 6.45) is 1.73. The summed E-state index contributed by atoms with van der Waals surface area (Å²) in [4.78, 5) is 17.4. The molecule has 0 atom stereocenters. The molecule has 0 unspecified atom stereocenters. The van der Waals surface area contributed by atoms with Gasteiger partial charge in [0.2, 0.25) is 5.75 Å². The van der Waals surface area contributed by atoms with Crippen molar-refractivity contribution in [3.63, 3.8) is 0 Å². The van der Waals surface area contributed by atoms with E-state index >= 15 is 0 Å². The summed E-state index contributed by atoms with van der Waals surface area (Å²) in [5, 5.41) is 8.14. The number of benzene rings is 1. The number of aryl methyl sites for hydroxylation is 1. The van der Waals surface area contributed by atoms with Gasteiger partial charge in [0.05, 0.1) is 38.8 Å². The maximum atomic E-state index is 12.8. The first-order chi connectivity index (χ1) is 13.9. The second kappa shape index (κ2) is 8.38. The fraction of sp³-hybridized carbons (Fsp3) is 0.381. The monoisotopic (exact) mass is 398 g/mol. The third-order valence-electron chi connectivity index (χ3n) is 4.67. The number of aromatic nitrogens is 3. The minimum Gasteiger partial charge on any atom is -0.493 e. The van der Waals surface area contributed by atoms with E-state index in [-0.39, 0.29) is 11.9 Å². The Morgan fingerprint density at radius 1 is 1.10 bits per heavy atom. The van der Waals surface area contributed by atoms with Gasteiger partial charge in [-0.25, -0.2) is 9.67 Å². The number of fused-ring (bicyclic) bond motifs is 1. The quantitative estimate of drug-likeness (QED) is 0.657. The topological polar surface area (TPSA) is 87.5 Å². The number of amides is 1. The number of pyridine rings is 1. The van der Waals surface area contributed by atoms with Crippen molar-refractivity contribution < 1.29 is 19.0 Å². The Hall–Kier alpha value is -3.29. The summed E-state index contributed by atoms with van der Waals surface area (Å²) in [5.41, 5.74) is 2.78. The molecule has 154 valence electrons. The van der Waals surface area contributed by atoms with E-state index in [4.69, 9.17) is 14.2 Å². The van der Waals surface area contributed by atoms with E-state index in [0.29, 0.717) is 35.1 Å². The summed E-state index contributed by atoms with van der Waals surface area (Å²) in [7, 11) is 4.66. The Balaban J connectivity index is 1.83. The highest BCUT2D eigenvalue weighted by Crippen LogP contribution is 2.38. The second-order valence-corrected chi connectivity index (χ2v) is 6.93. The molecule has 0 aliphatic carbocycles. The Bertz CT molecular complexity index is 1020. The molecule has 3 aromatic rings. The van der Waals surface area contributed by atoms with Gasteiger partial charge in [0.15, 0.2) is 17.1 Å². The molecule has 8 nitrogen and oxygen atoms in total. The van der Waals surface area contributed by atoms with E-state index in [1.807, 2.05) is 43.7 Å². The molecule has 1 aromatic carbocycles. The van der Waals surface area contributed by atoms with Gasteiger partial charge in [-0.05, 0) is 44.5 Å². The van der Waals surface area contributed by atoms with E-state index in [9.17, 15) is 4.79 Å². The second-order valence-electron chi connectivity index (χ2n) is 6.93. The van der Waals surface area contributed by atoms with Crippen molar-refractivity contribution in [3.8, 4) is 17.2 Å². The fourth-order valence-corrected chi connectivity index (χ4v) is 3.19. The van der Waals surface area contributed by atoms with Crippen LogP contribution in [0, 0.1) is 6.92 Å².